The highest BCUT2D eigenvalue weighted by molar-refractivity contribution is 6.32. The lowest BCUT2D eigenvalue weighted by atomic mass is 9.85. The second-order valence-corrected chi connectivity index (χ2v) is 8.20. The van der Waals surface area contributed by atoms with Gasteiger partial charge in [-0.25, -0.2) is 4.79 Å². The molecule has 0 bridgehead atoms. The van der Waals surface area contributed by atoms with Crippen molar-refractivity contribution in [1.82, 2.24) is 0 Å². The summed E-state index contributed by atoms with van der Waals surface area (Å²) in [4.78, 5) is 27.2. The van der Waals surface area contributed by atoms with Crippen LogP contribution in [0.4, 0.5) is 5.69 Å². The van der Waals surface area contributed by atoms with Crippen molar-refractivity contribution >= 4 is 40.8 Å². The molecule has 3 aromatic rings. The van der Waals surface area contributed by atoms with E-state index in [0.29, 0.717) is 43.7 Å². The number of hydrogen-bond acceptors (Lipinski definition) is 5. The summed E-state index contributed by atoms with van der Waals surface area (Å²) in [5.74, 6) is -0.378. The molecular weight excluding hydrogens is 451 g/mol. The van der Waals surface area contributed by atoms with Crippen LogP contribution in [0.25, 0.3) is 0 Å². The number of amides is 1. The third-order valence-corrected chi connectivity index (χ3v) is 6.16. The van der Waals surface area contributed by atoms with Gasteiger partial charge < -0.3 is 20.1 Å². The van der Waals surface area contributed by atoms with Gasteiger partial charge >= 0.3 is 5.97 Å². The molecule has 1 amide bonds. The van der Waals surface area contributed by atoms with Crippen molar-refractivity contribution in [3.63, 3.8) is 0 Å². The lowest BCUT2D eigenvalue weighted by molar-refractivity contribution is -0.121. The largest absolute Gasteiger partial charge is 0.496 e. The summed E-state index contributed by atoms with van der Waals surface area (Å²) < 4.78 is 10.2. The fraction of sp³-hybridized carbons (Fsp3) is 0.167. The minimum Gasteiger partial charge on any atom is -0.496 e. The van der Waals surface area contributed by atoms with Gasteiger partial charge in [0, 0.05) is 26.7 Å². The van der Waals surface area contributed by atoms with Crippen LogP contribution in [0.1, 0.15) is 27.0 Å². The molecule has 4 rings (SSSR count). The van der Waals surface area contributed by atoms with Crippen LogP contribution in [0.5, 0.6) is 5.75 Å². The Morgan fingerprint density at radius 3 is 2.47 bits per heavy atom. The molecule has 32 heavy (non-hydrogen) atoms. The van der Waals surface area contributed by atoms with Crippen LogP contribution >= 0.6 is 23.2 Å². The van der Waals surface area contributed by atoms with Gasteiger partial charge in [-0.15, -0.1) is 0 Å². The Morgan fingerprint density at radius 1 is 1.03 bits per heavy atom. The quantitative estimate of drug-likeness (QED) is 0.553. The van der Waals surface area contributed by atoms with Gasteiger partial charge in [0.15, 0.2) is 5.54 Å². The molecule has 0 radical (unpaired) electrons. The number of hydrogen-bond donors (Lipinski definition) is 1. The van der Waals surface area contributed by atoms with Gasteiger partial charge in [-0.1, -0.05) is 47.5 Å². The van der Waals surface area contributed by atoms with Crippen molar-refractivity contribution < 1.29 is 19.1 Å². The Balaban J connectivity index is 1.81. The first-order chi connectivity index (χ1) is 15.3. The first-order valence-corrected chi connectivity index (χ1v) is 10.5. The predicted molar refractivity (Wildman–Crippen MR) is 123 cm³/mol. The number of esters is 1. The van der Waals surface area contributed by atoms with Crippen LogP contribution in [0.3, 0.4) is 0 Å². The highest BCUT2D eigenvalue weighted by atomic mass is 35.5. The Hall–Kier alpha value is -3.06. The van der Waals surface area contributed by atoms with Gasteiger partial charge in [0.2, 0.25) is 0 Å². The van der Waals surface area contributed by atoms with Gasteiger partial charge in [-0.2, -0.15) is 0 Å². The van der Waals surface area contributed by atoms with E-state index in [-0.39, 0.29) is 12.5 Å². The van der Waals surface area contributed by atoms with E-state index in [0.717, 1.165) is 0 Å². The van der Waals surface area contributed by atoms with E-state index in [1.165, 1.54) is 14.2 Å². The first-order valence-electron chi connectivity index (χ1n) is 9.72. The average molecular weight is 471 g/mol. The number of rotatable bonds is 5. The summed E-state index contributed by atoms with van der Waals surface area (Å²) in [6.07, 6.45) is 0. The Kier molecular flexibility index (Phi) is 5.86. The minimum atomic E-state index is -1.50. The number of benzene rings is 3. The number of nitrogens with two attached hydrogens (primary N) is 1. The molecule has 1 unspecified atom stereocenters. The maximum absolute atomic E-state index is 13.8. The van der Waals surface area contributed by atoms with Crippen molar-refractivity contribution in [2.45, 2.75) is 12.1 Å². The smallest absolute Gasteiger partial charge is 0.337 e. The number of anilines is 1. The van der Waals surface area contributed by atoms with Crippen molar-refractivity contribution in [3.8, 4) is 5.75 Å². The van der Waals surface area contributed by atoms with Gasteiger partial charge in [0.25, 0.3) is 5.91 Å². The van der Waals surface area contributed by atoms with Crippen LogP contribution in [0.15, 0.2) is 60.7 Å². The highest BCUT2D eigenvalue weighted by Gasteiger charge is 2.50. The number of fused-ring (bicyclic) bond motifs is 1. The number of ether oxygens (including phenoxy) is 2. The predicted octanol–water partition coefficient (Wildman–Crippen LogP) is 4.54. The van der Waals surface area contributed by atoms with Crippen LogP contribution in [-0.2, 0) is 21.6 Å². The second kappa shape index (κ2) is 8.47. The molecule has 1 heterocycles. The van der Waals surface area contributed by atoms with E-state index in [1.807, 2.05) is 0 Å². The van der Waals surface area contributed by atoms with E-state index >= 15 is 0 Å². The van der Waals surface area contributed by atoms with E-state index in [4.69, 9.17) is 38.4 Å². The van der Waals surface area contributed by atoms with Crippen LogP contribution < -0.4 is 15.4 Å². The van der Waals surface area contributed by atoms with E-state index in [2.05, 4.69) is 0 Å². The molecule has 2 N–H and O–H groups in total. The lowest BCUT2D eigenvalue weighted by Gasteiger charge is -2.26. The maximum Gasteiger partial charge on any atom is 0.337 e. The molecule has 1 atom stereocenters. The average Bonchev–Trinajstić information content (AvgIpc) is 3.01. The number of carbonyl (C=O) groups excluding carboxylic acids is 2. The molecule has 0 saturated heterocycles. The summed E-state index contributed by atoms with van der Waals surface area (Å²) in [5, 5.41) is 0.844. The monoisotopic (exact) mass is 470 g/mol. The van der Waals surface area contributed by atoms with Crippen LogP contribution in [0, 0.1) is 0 Å². The topological polar surface area (TPSA) is 81.9 Å². The standard InChI is InChI=1S/C24H20Cl2N2O4/c1-31-21-11-14(22(29)32-2)7-8-15(21)13-28-20-10-9-16(25)12-18(20)24(27,23(28)30)17-5-3-4-6-19(17)26/h3-12H,13,27H2,1-2H3. The summed E-state index contributed by atoms with van der Waals surface area (Å²) in [6, 6.07) is 17.1. The van der Waals surface area contributed by atoms with Crippen molar-refractivity contribution in [3.05, 3.63) is 93.0 Å². The molecule has 3 aromatic carbocycles. The normalized spacial score (nSPS) is 17.3. The van der Waals surface area contributed by atoms with E-state index in [9.17, 15) is 9.59 Å². The fourth-order valence-electron chi connectivity index (χ4n) is 3.99. The van der Waals surface area contributed by atoms with Crippen LogP contribution in [0.2, 0.25) is 10.0 Å². The molecule has 0 spiro atoms. The van der Waals surface area contributed by atoms with Gasteiger partial charge in [0.05, 0.1) is 32.0 Å². The molecule has 0 fully saturated rings. The Labute approximate surface area is 195 Å². The third-order valence-electron chi connectivity index (χ3n) is 5.59. The SMILES string of the molecule is COC(=O)c1ccc(CN2C(=O)C(N)(c3ccccc3Cl)c3cc(Cl)ccc32)c(OC)c1. The molecule has 6 nitrogen and oxygen atoms in total. The maximum atomic E-state index is 13.8. The van der Waals surface area contributed by atoms with Gasteiger partial charge in [0.1, 0.15) is 5.75 Å². The zero-order chi connectivity index (χ0) is 23.0. The molecule has 1 aliphatic rings. The zero-order valence-electron chi connectivity index (χ0n) is 17.4. The van der Waals surface area contributed by atoms with Crippen molar-refractivity contribution in [1.29, 1.82) is 0 Å². The Bertz CT molecular complexity index is 1230. The molecule has 164 valence electrons. The lowest BCUT2D eigenvalue weighted by Crippen LogP contribution is -2.48. The van der Waals surface area contributed by atoms with Crippen molar-refractivity contribution in [2.24, 2.45) is 5.73 Å². The molecule has 1 aliphatic heterocycles. The van der Waals surface area contributed by atoms with Crippen LogP contribution in [-0.4, -0.2) is 26.1 Å². The number of carbonyl (C=O) groups is 2. The fourth-order valence-corrected chi connectivity index (χ4v) is 4.44. The number of halogens is 2. The molecular formula is C24H20Cl2N2O4. The van der Waals surface area contributed by atoms with E-state index in [1.54, 1.807) is 65.6 Å². The number of methoxy groups -OCH3 is 2. The summed E-state index contributed by atoms with van der Waals surface area (Å²) >= 11 is 12.7. The third kappa shape index (κ3) is 3.50. The summed E-state index contributed by atoms with van der Waals surface area (Å²) in [7, 11) is 2.81. The minimum absolute atomic E-state index is 0.168. The number of nitrogens with zero attached hydrogens (tertiary/aromatic N) is 1. The second-order valence-electron chi connectivity index (χ2n) is 7.36. The van der Waals surface area contributed by atoms with Gasteiger partial charge in [-0.05, 0) is 36.4 Å². The van der Waals surface area contributed by atoms with Crippen molar-refractivity contribution in [2.75, 3.05) is 19.1 Å². The molecule has 0 aliphatic carbocycles. The molecule has 8 heteroatoms. The van der Waals surface area contributed by atoms with E-state index < -0.39 is 11.5 Å². The zero-order valence-corrected chi connectivity index (χ0v) is 18.9. The Morgan fingerprint density at radius 2 is 1.78 bits per heavy atom. The molecule has 0 aromatic heterocycles. The van der Waals surface area contributed by atoms with Gasteiger partial charge in [-0.3, -0.25) is 4.79 Å². The molecule has 0 saturated carbocycles. The highest BCUT2D eigenvalue weighted by Crippen LogP contribution is 2.46. The summed E-state index contributed by atoms with van der Waals surface area (Å²) in [5.41, 5.74) is 7.99. The summed E-state index contributed by atoms with van der Waals surface area (Å²) in [6.45, 7) is 0.168. The first kappa shape index (κ1) is 22.1.